The second-order valence-corrected chi connectivity index (χ2v) is 3.02. The Hall–Kier alpha value is -0.570. The van der Waals surface area contributed by atoms with Crippen LogP contribution >= 0.6 is 0 Å². The Morgan fingerprint density at radius 2 is 2.08 bits per heavy atom. The number of methoxy groups -OCH3 is 1. The van der Waals surface area contributed by atoms with Crippen molar-refractivity contribution in [1.29, 1.82) is 0 Å². The lowest BCUT2D eigenvalue weighted by Gasteiger charge is -2.27. The lowest BCUT2D eigenvalue weighted by atomic mass is 9.93. The van der Waals surface area contributed by atoms with E-state index in [9.17, 15) is 4.79 Å². The number of unbranched alkanes of at least 4 members (excludes halogenated alkanes) is 1. The van der Waals surface area contributed by atoms with Crippen LogP contribution in [0.5, 0.6) is 0 Å². The molecule has 0 bridgehead atoms. The smallest absolute Gasteiger partial charge is 0.249 e. The fourth-order valence-electron chi connectivity index (χ4n) is 1.28. The van der Waals surface area contributed by atoms with E-state index in [-0.39, 0.29) is 5.91 Å². The third kappa shape index (κ3) is 2.48. The van der Waals surface area contributed by atoms with Gasteiger partial charge in [-0.3, -0.25) is 4.79 Å². The summed E-state index contributed by atoms with van der Waals surface area (Å²) in [6.45, 7) is 4.00. The zero-order chi connectivity index (χ0) is 9.61. The highest BCUT2D eigenvalue weighted by Crippen LogP contribution is 2.21. The molecule has 1 atom stereocenters. The van der Waals surface area contributed by atoms with E-state index in [1.54, 1.807) is 7.11 Å². The van der Waals surface area contributed by atoms with Crippen LogP contribution in [0.2, 0.25) is 0 Å². The number of rotatable bonds is 6. The molecule has 3 heteroatoms. The minimum Gasteiger partial charge on any atom is -0.368 e. The number of hydrogen-bond donors (Lipinski definition) is 1. The molecule has 1 unspecified atom stereocenters. The molecule has 0 saturated carbocycles. The maximum atomic E-state index is 11.1. The SMILES string of the molecule is CCCCC(CC)(OC)C(N)=O. The summed E-state index contributed by atoms with van der Waals surface area (Å²) in [5.41, 5.74) is 4.54. The molecule has 0 saturated heterocycles. The first-order chi connectivity index (χ1) is 5.63. The van der Waals surface area contributed by atoms with Crippen LogP contribution in [0, 0.1) is 0 Å². The molecular formula is C9H19NO2. The summed E-state index contributed by atoms with van der Waals surface area (Å²) < 4.78 is 5.18. The first kappa shape index (κ1) is 11.4. The quantitative estimate of drug-likeness (QED) is 0.661. The monoisotopic (exact) mass is 173 g/mol. The number of carbonyl (C=O) groups is 1. The van der Waals surface area contributed by atoms with Gasteiger partial charge in [0.05, 0.1) is 0 Å². The number of ether oxygens (including phenoxy) is 1. The van der Waals surface area contributed by atoms with Crippen molar-refractivity contribution in [2.24, 2.45) is 5.73 Å². The van der Waals surface area contributed by atoms with Crippen molar-refractivity contribution >= 4 is 5.91 Å². The lowest BCUT2D eigenvalue weighted by molar-refractivity contribution is -0.141. The molecule has 0 fully saturated rings. The maximum absolute atomic E-state index is 11.1. The zero-order valence-electron chi connectivity index (χ0n) is 8.22. The van der Waals surface area contributed by atoms with E-state index in [1.807, 2.05) is 6.92 Å². The fourth-order valence-corrected chi connectivity index (χ4v) is 1.28. The van der Waals surface area contributed by atoms with E-state index >= 15 is 0 Å². The number of hydrogen-bond acceptors (Lipinski definition) is 2. The Balaban J connectivity index is 4.25. The Morgan fingerprint density at radius 1 is 1.50 bits per heavy atom. The third-order valence-corrected chi connectivity index (χ3v) is 2.35. The van der Waals surface area contributed by atoms with Gasteiger partial charge in [0.1, 0.15) is 5.60 Å². The van der Waals surface area contributed by atoms with Crippen LogP contribution in [-0.2, 0) is 9.53 Å². The van der Waals surface area contributed by atoms with Gasteiger partial charge < -0.3 is 10.5 Å². The first-order valence-corrected chi connectivity index (χ1v) is 4.48. The summed E-state index contributed by atoms with van der Waals surface area (Å²) in [7, 11) is 1.55. The summed E-state index contributed by atoms with van der Waals surface area (Å²) in [6, 6.07) is 0. The van der Waals surface area contributed by atoms with E-state index in [4.69, 9.17) is 10.5 Å². The summed E-state index contributed by atoms with van der Waals surface area (Å²) in [4.78, 5) is 11.1. The fraction of sp³-hybridized carbons (Fsp3) is 0.889. The molecule has 0 radical (unpaired) electrons. The van der Waals surface area contributed by atoms with Crippen LogP contribution in [0.25, 0.3) is 0 Å². The highest BCUT2D eigenvalue weighted by atomic mass is 16.5. The van der Waals surface area contributed by atoms with Gasteiger partial charge in [0.15, 0.2) is 0 Å². The van der Waals surface area contributed by atoms with Crippen LogP contribution < -0.4 is 5.73 Å². The summed E-state index contributed by atoms with van der Waals surface area (Å²) in [6.07, 6.45) is 3.41. The summed E-state index contributed by atoms with van der Waals surface area (Å²) in [5.74, 6) is -0.346. The van der Waals surface area contributed by atoms with Gasteiger partial charge in [-0.25, -0.2) is 0 Å². The van der Waals surface area contributed by atoms with Crippen LogP contribution in [0.15, 0.2) is 0 Å². The molecule has 0 aromatic carbocycles. The zero-order valence-corrected chi connectivity index (χ0v) is 8.22. The largest absolute Gasteiger partial charge is 0.368 e. The van der Waals surface area contributed by atoms with Gasteiger partial charge in [-0.05, 0) is 12.8 Å². The number of primary amides is 1. The molecule has 0 aliphatic rings. The van der Waals surface area contributed by atoms with Crippen molar-refractivity contribution in [2.45, 2.75) is 45.1 Å². The first-order valence-electron chi connectivity index (χ1n) is 4.48. The van der Waals surface area contributed by atoms with Gasteiger partial charge in [0.2, 0.25) is 5.91 Å². The van der Waals surface area contributed by atoms with Crippen molar-refractivity contribution in [3.8, 4) is 0 Å². The molecule has 0 aromatic heterocycles. The van der Waals surface area contributed by atoms with Gasteiger partial charge in [0.25, 0.3) is 0 Å². The molecule has 0 aromatic rings. The van der Waals surface area contributed by atoms with Gasteiger partial charge in [0, 0.05) is 7.11 Å². The molecule has 72 valence electrons. The average Bonchev–Trinajstić information content (AvgIpc) is 2.07. The normalized spacial score (nSPS) is 15.6. The highest BCUT2D eigenvalue weighted by Gasteiger charge is 2.33. The molecule has 0 spiro atoms. The van der Waals surface area contributed by atoms with Crippen molar-refractivity contribution in [2.75, 3.05) is 7.11 Å². The summed E-state index contributed by atoms with van der Waals surface area (Å²) in [5, 5.41) is 0. The van der Waals surface area contributed by atoms with Gasteiger partial charge in [-0.15, -0.1) is 0 Å². The van der Waals surface area contributed by atoms with E-state index < -0.39 is 5.60 Å². The number of amides is 1. The minimum atomic E-state index is -0.726. The van der Waals surface area contributed by atoms with Gasteiger partial charge in [-0.1, -0.05) is 26.7 Å². The molecule has 3 nitrogen and oxygen atoms in total. The van der Waals surface area contributed by atoms with Crippen LogP contribution in [0.4, 0.5) is 0 Å². The number of carbonyl (C=O) groups excluding carboxylic acids is 1. The van der Waals surface area contributed by atoms with Crippen molar-refractivity contribution in [3.05, 3.63) is 0 Å². The second kappa shape index (κ2) is 5.14. The van der Waals surface area contributed by atoms with Gasteiger partial charge in [-0.2, -0.15) is 0 Å². The second-order valence-electron chi connectivity index (χ2n) is 3.02. The van der Waals surface area contributed by atoms with Crippen molar-refractivity contribution in [1.82, 2.24) is 0 Å². The molecular weight excluding hydrogens is 154 g/mol. The predicted molar refractivity (Wildman–Crippen MR) is 48.8 cm³/mol. The predicted octanol–water partition coefficient (Wildman–Crippen LogP) is 1.46. The Bertz CT molecular complexity index is 141. The molecule has 0 aliphatic heterocycles. The molecule has 0 heterocycles. The van der Waals surface area contributed by atoms with Gasteiger partial charge >= 0.3 is 0 Å². The maximum Gasteiger partial charge on any atom is 0.249 e. The van der Waals surface area contributed by atoms with E-state index in [1.165, 1.54) is 0 Å². The lowest BCUT2D eigenvalue weighted by Crippen LogP contribution is -2.45. The standard InChI is InChI=1S/C9H19NO2/c1-4-6-7-9(5-2,12-3)8(10)11/h4-7H2,1-3H3,(H2,10,11). The Labute approximate surface area is 74.3 Å². The Kier molecular flexibility index (Phi) is 4.90. The average molecular weight is 173 g/mol. The molecule has 0 aliphatic carbocycles. The van der Waals surface area contributed by atoms with E-state index in [2.05, 4.69) is 6.92 Å². The number of nitrogens with two attached hydrogens (primary N) is 1. The van der Waals surface area contributed by atoms with Crippen LogP contribution in [-0.4, -0.2) is 18.6 Å². The van der Waals surface area contributed by atoms with Crippen LogP contribution in [0.3, 0.4) is 0 Å². The molecule has 12 heavy (non-hydrogen) atoms. The molecule has 0 rings (SSSR count). The minimum absolute atomic E-state index is 0.346. The van der Waals surface area contributed by atoms with Crippen molar-refractivity contribution in [3.63, 3.8) is 0 Å². The van der Waals surface area contributed by atoms with E-state index in [0.717, 1.165) is 19.3 Å². The highest BCUT2D eigenvalue weighted by molar-refractivity contribution is 5.83. The third-order valence-electron chi connectivity index (χ3n) is 2.35. The summed E-state index contributed by atoms with van der Waals surface area (Å²) >= 11 is 0. The van der Waals surface area contributed by atoms with Crippen molar-refractivity contribution < 1.29 is 9.53 Å². The molecule has 2 N–H and O–H groups in total. The Morgan fingerprint density at radius 3 is 2.33 bits per heavy atom. The topological polar surface area (TPSA) is 52.3 Å². The van der Waals surface area contributed by atoms with Crippen LogP contribution in [0.1, 0.15) is 39.5 Å². The van der Waals surface area contributed by atoms with E-state index in [0.29, 0.717) is 6.42 Å². The molecule has 1 amide bonds.